The number of aliphatic hydroxyl groups is 1. The summed E-state index contributed by atoms with van der Waals surface area (Å²) in [6, 6.07) is 0.485. The first-order chi connectivity index (χ1) is 5.60. The van der Waals surface area contributed by atoms with E-state index in [0.717, 1.165) is 6.42 Å². The van der Waals surface area contributed by atoms with Gasteiger partial charge in [0.25, 0.3) is 0 Å². The summed E-state index contributed by atoms with van der Waals surface area (Å²) < 4.78 is 0. The molecule has 0 aliphatic carbocycles. The molecule has 0 aliphatic rings. The molecular weight excluding hydrogens is 150 g/mol. The Bertz CT molecular complexity index is 123. The molecule has 0 aliphatic heterocycles. The molecule has 2 heteroatoms. The van der Waals surface area contributed by atoms with Gasteiger partial charge < -0.3 is 10.4 Å². The Balaban J connectivity index is 3.74. The number of rotatable bonds is 6. The van der Waals surface area contributed by atoms with Crippen LogP contribution in [0.15, 0.2) is 12.7 Å². The third-order valence-electron chi connectivity index (χ3n) is 1.83. The lowest BCUT2D eigenvalue weighted by molar-refractivity contribution is 0.220. The van der Waals surface area contributed by atoms with Crippen LogP contribution < -0.4 is 5.32 Å². The second-order valence-corrected chi connectivity index (χ2v) is 3.70. The lowest BCUT2D eigenvalue weighted by atomic mass is 10.0. The van der Waals surface area contributed by atoms with Crippen molar-refractivity contribution in [2.45, 2.75) is 39.3 Å². The summed E-state index contributed by atoms with van der Waals surface area (Å²) in [4.78, 5) is 0. The summed E-state index contributed by atoms with van der Waals surface area (Å²) in [6.45, 7) is 10.2. The van der Waals surface area contributed by atoms with Crippen molar-refractivity contribution in [2.24, 2.45) is 5.92 Å². The van der Waals surface area contributed by atoms with Gasteiger partial charge in [-0.2, -0.15) is 0 Å². The fourth-order valence-corrected chi connectivity index (χ4v) is 1.20. The summed E-state index contributed by atoms with van der Waals surface area (Å²) in [5.74, 6) is 0.617. The van der Waals surface area contributed by atoms with Crippen molar-refractivity contribution >= 4 is 0 Å². The SMILES string of the molecule is C=CC(C)NC(CO)CC(C)C. The average molecular weight is 171 g/mol. The zero-order chi connectivity index (χ0) is 9.56. The van der Waals surface area contributed by atoms with Gasteiger partial charge in [-0.3, -0.25) is 0 Å². The van der Waals surface area contributed by atoms with Gasteiger partial charge in [0.15, 0.2) is 0 Å². The zero-order valence-electron chi connectivity index (χ0n) is 8.38. The Hall–Kier alpha value is -0.340. The molecule has 0 aromatic rings. The van der Waals surface area contributed by atoms with Gasteiger partial charge in [-0.15, -0.1) is 6.58 Å². The Morgan fingerprint density at radius 3 is 2.33 bits per heavy atom. The van der Waals surface area contributed by atoms with Crippen LogP contribution in [0, 0.1) is 5.92 Å². The topological polar surface area (TPSA) is 32.3 Å². The standard InChI is InChI=1S/C10H21NO/c1-5-9(4)11-10(7-12)6-8(2)3/h5,8-12H,1,6-7H2,2-4H3. The summed E-state index contributed by atoms with van der Waals surface area (Å²) in [6.07, 6.45) is 2.86. The van der Waals surface area contributed by atoms with Crippen molar-refractivity contribution < 1.29 is 5.11 Å². The third kappa shape index (κ3) is 5.33. The molecule has 0 saturated heterocycles. The molecule has 0 aromatic heterocycles. The molecule has 72 valence electrons. The normalized spacial score (nSPS) is 16.1. The smallest absolute Gasteiger partial charge is 0.0584 e. The van der Waals surface area contributed by atoms with E-state index in [-0.39, 0.29) is 18.7 Å². The van der Waals surface area contributed by atoms with Crippen LogP contribution in [0.5, 0.6) is 0 Å². The Labute approximate surface area is 75.7 Å². The molecule has 0 aromatic carbocycles. The van der Waals surface area contributed by atoms with E-state index < -0.39 is 0 Å². The van der Waals surface area contributed by atoms with Gasteiger partial charge >= 0.3 is 0 Å². The van der Waals surface area contributed by atoms with Gasteiger partial charge in [-0.05, 0) is 19.3 Å². The molecule has 0 saturated carbocycles. The molecule has 2 nitrogen and oxygen atoms in total. The van der Waals surface area contributed by atoms with E-state index in [0.29, 0.717) is 5.92 Å². The van der Waals surface area contributed by atoms with Crippen LogP contribution in [-0.2, 0) is 0 Å². The number of aliphatic hydroxyl groups excluding tert-OH is 1. The number of hydrogen-bond acceptors (Lipinski definition) is 2. The van der Waals surface area contributed by atoms with Crippen molar-refractivity contribution in [3.63, 3.8) is 0 Å². The Morgan fingerprint density at radius 2 is 2.00 bits per heavy atom. The van der Waals surface area contributed by atoms with Crippen LogP contribution >= 0.6 is 0 Å². The first-order valence-electron chi connectivity index (χ1n) is 4.59. The molecule has 0 amide bonds. The molecule has 0 spiro atoms. The van der Waals surface area contributed by atoms with E-state index in [1.54, 1.807) is 0 Å². The number of nitrogens with one attached hydrogen (secondary N) is 1. The molecule has 0 bridgehead atoms. The Morgan fingerprint density at radius 1 is 1.42 bits per heavy atom. The molecule has 0 fully saturated rings. The van der Waals surface area contributed by atoms with Gasteiger partial charge in [0.2, 0.25) is 0 Å². The predicted octanol–water partition coefficient (Wildman–Crippen LogP) is 1.56. The summed E-state index contributed by atoms with van der Waals surface area (Å²) >= 11 is 0. The summed E-state index contributed by atoms with van der Waals surface area (Å²) in [5.41, 5.74) is 0. The summed E-state index contributed by atoms with van der Waals surface area (Å²) in [5, 5.41) is 12.3. The van der Waals surface area contributed by atoms with Crippen molar-refractivity contribution in [2.75, 3.05) is 6.61 Å². The second-order valence-electron chi connectivity index (χ2n) is 3.70. The van der Waals surface area contributed by atoms with Crippen LogP contribution in [0.3, 0.4) is 0 Å². The fraction of sp³-hybridized carbons (Fsp3) is 0.800. The van der Waals surface area contributed by atoms with Crippen molar-refractivity contribution in [3.8, 4) is 0 Å². The van der Waals surface area contributed by atoms with Crippen molar-refractivity contribution in [1.82, 2.24) is 5.32 Å². The van der Waals surface area contributed by atoms with E-state index in [1.807, 2.05) is 13.0 Å². The maximum absolute atomic E-state index is 9.02. The molecule has 0 rings (SSSR count). The van der Waals surface area contributed by atoms with Crippen LogP contribution in [0.1, 0.15) is 27.2 Å². The molecule has 12 heavy (non-hydrogen) atoms. The van der Waals surface area contributed by atoms with E-state index in [2.05, 4.69) is 25.7 Å². The zero-order valence-corrected chi connectivity index (χ0v) is 8.38. The van der Waals surface area contributed by atoms with Crippen LogP contribution in [0.4, 0.5) is 0 Å². The highest BCUT2D eigenvalue weighted by Crippen LogP contribution is 2.04. The van der Waals surface area contributed by atoms with Crippen LogP contribution in [-0.4, -0.2) is 23.8 Å². The van der Waals surface area contributed by atoms with Gasteiger partial charge in [0.05, 0.1) is 6.61 Å². The predicted molar refractivity (Wildman–Crippen MR) is 53.1 cm³/mol. The molecule has 0 radical (unpaired) electrons. The van der Waals surface area contributed by atoms with Gasteiger partial charge in [-0.25, -0.2) is 0 Å². The minimum absolute atomic E-state index is 0.205. The molecule has 2 unspecified atom stereocenters. The van der Waals surface area contributed by atoms with Gasteiger partial charge in [0.1, 0.15) is 0 Å². The average Bonchev–Trinajstić information content (AvgIpc) is 2.02. The molecular formula is C10H21NO. The second kappa shape index (κ2) is 6.21. The maximum atomic E-state index is 9.02. The van der Waals surface area contributed by atoms with E-state index >= 15 is 0 Å². The highest BCUT2D eigenvalue weighted by molar-refractivity contribution is 4.84. The molecule has 2 N–H and O–H groups in total. The largest absolute Gasteiger partial charge is 0.395 e. The minimum Gasteiger partial charge on any atom is -0.395 e. The van der Waals surface area contributed by atoms with Crippen LogP contribution in [0.2, 0.25) is 0 Å². The minimum atomic E-state index is 0.205. The van der Waals surface area contributed by atoms with E-state index in [4.69, 9.17) is 5.11 Å². The van der Waals surface area contributed by atoms with E-state index in [9.17, 15) is 0 Å². The first kappa shape index (κ1) is 11.7. The maximum Gasteiger partial charge on any atom is 0.0584 e. The number of hydrogen-bond donors (Lipinski definition) is 2. The van der Waals surface area contributed by atoms with Gasteiger partial charge in [-0.1, -0.05) is 19.9 Å². The monoisotopic (exact) mass is 171 g/mol. The summed E-state index contributed by atoms with van der Waals surface area (Å²) in [7, 11) is 0. The highest BCUT2D eigenvalue weighted by atomic mass is 16.3. The fourth-order valence-electron chi connectivity index (χ4n) is 1.20. The van der Waals surface area contributed by atoms with Crippen molar-refractivity contribution in [3.05, 3.63) is 12.7 Å². The lowest BCUT2D eigenvalue weighted by Gasteiger charge is -2.20. The molecule has 2 atom stereocenters. The highest BCUT2D eigenvalue weighted by Gasteiger charge is 2.10. The van der Waals surface area contributed by atoms with Crippen molar-refractivity contribution in [1.29, 1.82) is 0 Å². The Kier molecular flexibility index (Phi) is 6.03. The quantitative estimate of drug-likeness (QED) is 0.594. The van der Waals surface area contributed by atoms with Crippen LogP contribution in [0.25, 0.3) is 0 Å². The lowest BCUT2D eigenvalue weighted by Crippen LogP contribution is -2.38. The first-order valence-corrected chi connectivity index (χ1v) is 4.59. The molecule has 0 heterocycles. The third-order valence-corrected chi connectivity index (χ3v) is 1.83. The van der Waals surface area contributed by atoms with E-state index in [1.165, 1.54) is 0 Å². The van der Waals surface area contributed by atoms with Gasteiger partial charge in [0, 0.05) is 12.1 Å².